The van der Waals surface area contributed by atoms with Crippen molar-refractivity contribution >= 4 is 30.4 Å². The number of rotatable bonds is 10. The SMILES string of the molecule is C#CCN(C)C(=O)[C@@H](NC(=O)[C@@H](O)[C@H](Cc1ccccc1)NC(=O)c1cccc(O)c1C)C(C)(C)S. The summed E-state index contributed by atoms with van der Waals surface area (Å²) in [5.41, 5.74) is 1.35. The van der Waals surface area contributed by atoms with Crippen molar-refractivity contribution in [2.24, 2.45) is 0 Å². The maximum Gasteiger partial charge on any atom is 0.252 e. The average molecular weight is 512 g/mol. The third-order valence-electron chi connectivity index (χ3n) is 5.76. The summed E-state index contributed by atoms with van der Waals surface area (Å²) in [4.78, 5) is 40.4. The van der Waals surface area contributed by atoms with Crippen LogP contribution in [0, 0.1) is 19.3 Å². The van der Waals surface area contributed by atoms with E-state index in [1.807, 2.05) is 6.07 Å². The number of likely N-dealkylation sites (N-methyl/N-ethyl adjacent to an activating group) is 1. The summed E-state index contributed by atoms with van der Waals surface area (Å²) in [5.74, 6) is 0.451. The largest absolute Gasteiger partial charge is 0.508 e. The lowest BCUT2D eigenvalue weighted by molar-refractivity contribution is -0.139. The number of thiol groups is 1. The third kappa shape index (κ3) is 7.51. The van der Waals surface area contributed by atoms with Crippen LogP contribution in [0.2, 0.25) is 0 Å². The highest BCUT2D eigenvalue weighted by atomic mass is 32.1. The molecular weight excluding hydrogens is 478 g/mol. The van der Waals surface area contributed by atoms with E-state index in [2.05, 4.69) is 29.2 Å². The number of phenolic OH excluding ortho intramolecular Hbond substituents is 1. The van der Waals surface area contributed by atoms with Gasteiger partial charge in [-0.2, -0.15) is 12.6 Å². The maximum atomic E-state index is 13.2. The molecule has 2 rings (SSSR count). The highest BCUT2D eigenvalue weighted by Crippen LogP contribution is 2.21. The van der Waals surface area contributed by atoms with Crippen molar-refractivity contribution in [1.29, 1.82) is 0 Å². The van der Waals surface area contributed by atoms with Gasteiger partial charge in [0.05, 0.1) is 12.6 Å². The molecule has 0 saturated carbocycles. The van der Waals surface area contributed by atoms with Crippen LogP contribution in [-0.4, -0.2) is 69.4 Å². The summed E-state index contributed by atoms with van der Waals surface area (Å²) in [6.07, 6.45) is 3.75. The lowest BCUT2D eigenvalue weighted by atomic mass is 9.97. The second-order valence-corrected chi connectivity index (χ2v) is 10.3. The number of carbonyl (C=O) groups excluding carboxylic acids is 3. The van der Waals surface area contributed by atoms with Crippen molar-refractivity contribution in [1.82, 2.24) is 15.5 Å². The van der Waals surface area contributed by atoms with Crippen LogP contribution in [-0.2, 0) is 16.0 Å². The molecule has 3 atom stereocenters. The molecule has 0 aromatic heterocycles. The zero-order valence-corrected chi connectivity index (χ0v) is 21.8. The highest BCUT2D eigenvalue weighted by Gasteiger charge is 2.38. The molecule has 0 aliphatic carbocycles. The number of hydrogen-bond donors (Lipinski definition) is 5. The van der Waals surface area contributed by atoms with E-state index in [4.69, 9.17) is 6.42 Å². The number of amides is 3. The Morgan fingerprint density at radius 2 is 1.75 bits per heavy atom. The molecule has 0 heterocycles. The summed E-state index contributed by atoms with van der Waals surface area (Å²) < 4.78 is -0.980. The van der Waals surface area contributed by atoms with Gasteiger partial charge in [-0.25, -0.2) is 0 Å². The number of terminal acetylenes is 1. The number of aliphatic hydroxyl groups excluding tert-OH is 1. The molecule has 0 radical (unpaired) electrons. The minimum atomic E-state index is -1.70. The van der Waals surface area contributed by atoms with Crippen LogP contribution in [0.3, 0.4) is 0 Å². The van der Waals surface area contributed by atoms with E-state index in [0.717, 1.165) is 5.56 Å². The quantitative estimate of drug-likeness (QED) is 0.246. The first-order valence-electron chi connectivity index (χ1n) is 11.4. The monoisotopic (exact) mass is 511 g/mol. The van der Waals surface area contributed by atoms with E-state index in [1.54, 1.807) is 45.0 Å². The number of nitrogens with zero attached hydrogens (tertiary/aromatic N) is 1. The standard InChI is InChI=1S/C27H33N3O5S/c1-6-15-30(5)26(35)23(27(3,4)36)29-25(34)22(32)20(16-18-11-8-7-9-12-18)28-24(33)19-13-10-14-21(31)17(19)2/h1,7-14,20,22-23,31-32,36H,15-16H2,2-5H3,(H,28,33)(H,29,34)/t20-,22-,23+/m0/s1. The number of aliphatic hydroxyl groups is 1. The van der Waals surface area contributed by atoms with Crippen molar-refractivity contribution < 1.29 is 24.6 Å². The van der Waals surface area contributed by atoms with E-state index in [-0.39, 0.29) is 24.3 Å². The van der Waals surface area contributed by atoms with Gasteiger partial charge < -0.3 is 25.7 Å². The fraction of sp³-hybridized carbons (Fsp3) is 0.370. The van der Waals surface area contributed by atoms with Crippen LogP contribution in [0.25, 0.3) is 0 Å². The molecule has 0 unspecified atom stereocenters. The molecule has 2 aromatic rings. The van der Waals surface area contributed by atoms with Gasteiger partial charge in [-0.1, -0.05) is 42.3 Å². The Morgan fingerprint density at radius 1 is 1.11 bits per heavy atom. The predicted molar refractivity (Wildman–Crippen MR) is 142 cm³/mol. The van der Waals surface area contributed by atoms with Gasteiger partial charge in [0.2, 0.25) is 5.91 Å². The van der Waals surface area contributed by atoms with E-state index < -0.39 is 40.7 Å². The summed E-state index contributed by atoms with van der Waals surface area (Å²) in [6.45, 7) is 4.94. The summed E-state index contributed by atoms with van der Waals surface area (Å²) in [6, 6.07) is 11.4. The first-order chi connectivity index (χ1) is 16.9. The van der Waals surface area contributed by atoms with Crippen LogP contribution in [0.5, 0.6) is 5.75 Å². The molecule has 192 valence electrons. The Morgan fingerprint density at radius 3 is 2.33 bits per heavy atom. The molecule has 4 N–H and O–H groups in total. The van der Waals surface area contributed by atoms with Gasteiger partial charge in [0.25, 0.3) is 11.8 Å². The summed E-state index contributed by atoms with van der Waals surface area (Å²) >= 11 is 4.46. The number of hydrogen-bond acceptors (Lipinski definition) is 6. The first kappa shape index (κ1) is 28.8. The van der Waals surface area contributed by atoms with Crippen LogP contribution in [0.15, 0.2) is 48.5 Å². The highest BCUT2D eigenvalue weighted by molar-refractivity contribution is 7.81. The Balaban J connectivity index is 2.32. The van der Waals surface area contributed by atoms with Gasteiger partial charge in [0, 0.05) is 22.9 Å². The van der Waals surface area contributed by atoms with E-state index in [1.165, 1.54) is 30.1 Å². The van der Waals surface area contributed by atoms with Gasteiger partial charge >= 0.3 is 0 Å². The third-order valence-corrected chi connectivity index (χ3v) is 6.02. The van der Waals surface area contributed by atoms with Gasteiger partial charge in [0.1, 0.15) is 11.8 Å². The van der Waals surface area contributed by atoms with E-state index in [9.17, 15) is 24.6 Å². The molecule has 36 heavy (non-hydrogen) atoms. The number of aromatic hydroxyl groups is 1. The molecular formula is C27H33N3O5S. The van der Waals surface area contributed by atoms with Gasteiger partial charge in [-0.05, 0) is 44.9 Å². The topological polar surface area (TPSA) is 119 Å². The first-order valence-corrected chi connectivity index (χ1v) is 11.8. The second kappa shape index (κ2) is 12.5. The number of carbonyl (C=O) groups is 3. The van der Waals surface area contributed by atoms with Crippen LogP contribution < -0.4 is 10.6 Å². The van der Waals surface area contributed by atoms with Gasteiger partial charge in [0.15, 0.2) is 6.10 Å². The molecule has 0 spiro atoms. The summed E-state index contributed by atoms with van der Waals surface area (Å²) in [7, 11) is 1.51. The van der Waals surface area contributed by atoms with E-state index >= 15 is 0 Å². The Labute approximate surface area is 217 Å². The molecule has 0 aliphatic heterocycles. The summed E-state index contributed by atoms with van der Waals surface area (Å²) in [5, 5.41) is 26.3. The van der Waals surface area contributed by atoms with Crippen molar-refractivity contribution in [2.75, 3.05) is 13.6 Å². The average Bonchev–Trinajstić information content (AvgIpc) is 2.82. The molecule has 0 saturated heterocycles. The van der Waals surface area contributed by atoms with Crippen molar-refractivity contribution in [3.8, 4) is 18.1 Å². The maximum absolute atomic E-state index is 13.2. The Hall–Kier alpha value is -3.48. The van der Waals surface area contributed by atoms with Gasteiger partial charge in [-0.3, -0.25) is 14.4 Å². The van der Waals surface area contributed by atoms with Crippen LogP contribution >= 0.6 is 12.6 Å². The lowest BCUT2D eigenvalue weighted by Gasteiger charge is -2.33. The molecule has 3 amide bonds. The van der Waals surface area contributed by atoms with Crippen molar-refractivity contribution in [3.63, 3.8) is 0 Å². The number of phenols is 1. The minimum absolute atomic E-state index is 0.0353. The predicted octanol–water partition coefficient (Wildman–Crippen LogP) is 1.69. The zero-order valence-electron chi connectivity index (χ0n) is 20.9. The lowest BCUT2D eigenvalue weighted by Crippen LogP contribution is -2.60. The fourth-order valence-corrected chi connectivity index (χ4v) is 3.79. The Bertz CT molecular complexity index is 1120. The fourth-order valence-electron chi connectivity index (χ4n) is 3.61. The van der Waals surface area contributed by atoms with Crippen molar-refractivity contribution in [3.05, 3.63) is 65.2 Å². The number of benzene rings is 2. The second-order valence-electron chi connectivity index (χ2n) is 9.16. The molecule has 0 aliphatic rings. The number of nitrogens with one attached hydrogen (secondary N) is 2. The molecule has 9 heteroatoms. The van der Waals surface area contributed by atoms with Crippen LogP contribution in [0.4, 0.5) is 0 Å². The molecule has 0 bridgehead atoms. The van der Waals surface area contributed by atoms with Crippen LogP contribution in [0.1, 0.15) is 35.3 Å². The Kier molecular flexibility index (Phi) is 9.96. The zero-order chi connectivity index (χ0) is 27.0. The normalized spacial score (nSPS) is 13.6. The smallest absolute Gasteiger partial charge is 0.252 e. The van der Waals surface area contributed by atoms with Gasteiger partial charge in [-0.15, -0.1) is 6.42 Å². The molecule has 0 fully saturated rings. The molecule has 8 nitrogen and oxygen atoms in total. The minimum Gasteiger partial charge on any atom is -0.508 e. The van der Waals surface area contributed by atoms with Crippen molar-refractivity contribution in [2.45, 2.75) is 50.1 Å². The molecule has 2 aromatic carbocycles. The van der Waals surface area contributed by atoms with E-state index in [0.29, 0.717) is 5.56 Å².